The summed E-state index contributed by atoms with van der Waals surface area (Å²) >= 11 is 0. The largest absolute Gasteiger partial charge is 0.486 e. The number of aryl methyl sites for hydroxylation is 1. The molecule has 182 valence electrons. The van der Waals surface area contributed by atoms with Gasteiger partial charge in [0.2, 0.25) is 0 Å². The number of amides is 1. The van der Waals surface area contributed by atoms with E-state index in [2.05, 4.69) is 9.72 Å². The van der Waals surface area contributed by atoms with Gasteiger partial charge in [0.15, 0.2) is 11.6 Å². The Balaban J connectivity index is 1.31. The van der Waals surface area contributed by atoms with Gasteiger partial charge in [0, 0.05) is 43.9 Å². The molecule has 4 heterocycles. The van der Waals surface area contributed by atoms with Crippen LogP contribution in [0.3, 0.4) is 0 Å². The summed E-state index contributed by atoms with van der Waals surface area (Å²) in [7, 11) is 0. The molecule has 35 heavy (non-hydrogen) atoms. The predicted octanol–water partition coefficient (Wildman–Crippen LogP) is 3.03. The van der Waals surface area contributed by atoms with Gasteiger partial charge in [0.25, 0.3) is 11.5 Å². The van der Waals surface area contributed by atoms with E-state index in [9.17, 15) is 22.8 Å². The highest BCUT2D eigenvalue weighted by Gasteiger charge is 2.73. The molecule has 6 rings (SSSR count). The number of benzene rings is 1. The first kappa shape index (κ1) is 21.8. The summed E-state index contributed by atoms with van der Waals surface area (Å²) in [5.74, 6) is -1.54. The van der Waals surface area contributed by atoms with E-state index >= 15 is 0 Å². The number of fused-ring (bicyclic) bond motifs is 4. The van der Waals surface area contributed by atoms with E-state index < -0.39 is 29.2 Å². The van der Waals surface area contributed by atoms with Gasteiger partial charge in [-0.3, -0.25) is 9.59 Å². The summed E-state index contributed by atoms with van der Waals surface area (Å²) in [4.78, 5) is 32.2. The van der Waals surface area contributed by atoms with Crippen molar-refractivity contribution in [1.29, 1.82) is 0 Å². The number of pyridine rings is 1. The Bertz CT molecular complexity index is 1450. The number of halogens is 3. The van der Waals surface area contributed by atoms with Crippen LogP contribution in [0.25, 0.3) is 5.69 Å². The minimum atomic E-state index is -3.17. The molecule has 3 aliphatic rings. The van der Waals surface area contributed by atoms with Crippen LogP contribution in [0.15, 0.2) is 41.6 Å². The van der Waals surface area contributed by atoms with E-state index in [1.54, 1.807) is 34.1 Å². The van der Waals surface area contributed by atoms with Gasteiger partial charge in [-0.2, -0.15) is 8.78 Å². The number of ether oxygens (including phenoxy) is 2. The number of carbonyl (C=O) groups excluding carboxylic acids is 1. The van der Waals surface area contributed by atoms with E-state index in [4.69, 9.17) is 4.74 Å². The highest BCUT2D eigenvalue weighted by atomic mass is 19.3. The number of hydrogen-bond acceptors (Lipinski definition) is 5. The van der Waals surface area contributed by atoms with Crippen molar-refractivity contribution >= 4 is 5.91 Å². The van der Waals surface area contributed by atoms with Crippen molar-refractivity contribution in [2.24, 2.45) is 0 Å². The van der Waals surface area contributed by atoms with Crippen LogP contribution < -0.4 is 15.0 Å². The molecule has 0 N–H and O–H groups in total. The molecule has 2 aromatic heterocycles. The molecule has 11 heteroatoms. The molecule has 0 saturated heterocycles. The van der Waals surface area contributed by atoms with E-state index in [1.165, 1.54) is 10.6 Å². The molecule has 3 aromatic rings. The number of imidazole rings is 1. The van der Waals surface area contributed by atoms with Crippen molar-refractivity contribution in [1.82, 2.24) is 19.0 Å². The average Bonchev–Trinajstić information content (AvgIpc) is 3.04. The number of alkyl halides is 2. The zero-order chi connectivity index (χ0) is 24.7. The number of hydrogen-bond donors (Lipinski definition) is 0. The number of aromatic nitrogens is 3. The first-order valence-corrected chi connectivity index (χ1v) is 11.1. The normalized spacial score (nSPS) is 24.2. The molecule has 0 bridgehead atoms. The SMILES string of the molecule is Cc1cn(-c2ccc3n(c2=O)CCN(C[C@]24C[C@@]2(C)Oc2cc(F)c(OC(F)F)cc24)C3=O)cn1. The topological polar surface area (TPSA) is 78.6 Å². The second-order valence-electron chi connectivity index (χ2n) is 9.46. The van der Waals surface area contributed by atoms with Crippen molar-refractivity contribution in [2.75, 3.05) is 13.1 Å². The summed E-state index contributed by atoms with van der Waals surface area (Å²) in [6.07, 6.45) is 3.83. The van der Waals surface area contributed by atoms with Crippen LogP contribution in [0, 0.1) is 12.7 Å². The van der Waals surface area contributed by atoms with Gasteiger partial charge < -0.3 is 23.5 Å². The fraction of sp³-hybridized carbons (Fsp3) is 0.375. The average molecular weight is 486 g/mol. The van der Waals surface area contributed by atoms with Gasteiger partial charge in [-0.15, -0.1) is 0 Å². The second-order valence-corrected chi connectivity index (χ2v) is 9.46. The van der Waals surface area contributed by atoms with Crippen LogP contribution in [-0.4, -0.2) is 50.2 Å². The van der Waals surface area contributed by atoms with Crippen LogP contribution in [0.5, 0.6) is 11.5 Å². The van der Waals surface area contributed by atoms with E-state index in [-0.39, 0.29) is 36.0 Å². The maximum atomic E-state index is 14.2. The summed E-state index contributed by atoms with van der Waals surface area (Å²) in [5, 5.41) is 0. The first-order valence-electron chi connectivity index (χ1n) is 11.1. The lowest BCUT2D eigenvalue weighted by atomic mass is 9.92. The predicted molar refractivity (Wildman–Crippen MR) is 117 cm³/mol. The zero-order valence-corrected chi connectivity index (χ0v) is 18.9. The minimum Gasteiger partial charge on any atom is -0.486 e. The molecule has 1 amide bonds. The number of carbonyl (C=O) groups is 1. The molecular formula is C24H21F3N4O4. The highest BCUT2D eigenvalue weighted by molar-refractivity contribution is 5.93. The molecule has 0 spiro atoms. The van der Waals surface area contributed by atoms with Crippen LogP contribution >= 0.6 is 0 Å². The van der Waals surface area contributed by atoms with Gasteiger partial charge in [-0.25, -0.2) is 9.37 Å². The third-order valence-electron chi connectivity index (χ3n) is 7.33. The first-order chi connectivity index (χ1) is 16.6. The third-order valence-corrected chi connectivity index (χ3v) is 7.33. The zero-order valence-electron chi connectivity index (χ0n) is 18.9. The second kappa shape index (κ2) is 7.12. The Kier molecular flexibility index (Phi) is 4.43. The van der Waals surface area contributed by atoms with Crippen molar-refractivity contribution in [2.45, 2.75) is 44.4 Å². The molecule has 1 saturated carbocycles. The van der Waals surface area contributed by atoms with Crippen molar-refractivity contribution < 1.29 is 27.4 Å². The lowest BCUT2D eigenvalue weighted by Crippen LogP contribution is -2.48. The smallest absolute Gasteiger partial charge is 0.387 e. The van der Waals surface area contributed by atoms with E-state index in [0.717, 1.165) is 11.8 Å². The van der Waals surface area contributed by atoms with Gasteiger partial charge in [-0.05, 0) is 32.0 Å². The number of rotatable bonds is 5. The Morgan fingerprint density at radius 3 is 2.74 bits per heavy atom. The summed E-state index contributed by atoms with van der Waals surface area (Å²) in [6.45, 7) is 1.33. The molecule has 1 fully saturated rings. The Hall–Kier alpha value is -3.76. The molecular weight excluding hydrogens is 465 g/mol. The molecule has 0 radical (unpaired) electrons. The quantitative estimate of drug-likeness (QED) is 0.554. The maximum absolute atomic E-state index is 14.2. The maximum Gasteiger partial charge on any atom is 0.387 e. The standard InChI is InChI=1S/C24H21F3N4O4/c1-13-9-30(12-28-13)16-3-4-17-20(32)29(5-6-31(17)21(16)33)11-24-10-23(24,2)35-18-8-15(25)19(7-14(18)24)34-22(26)27/h3-4,7-9,12,22H,5-6,10-11H2,1-2H3/t23-,24+/m1/s1. The van der Waals surface area contributed by atoms with Gasteiger partial charge >= 0.3 is 6.61 Å². The summed E-state index contributed by atoms with van der Waals surface area (Å²) in [6, 6.07) is 5.52. The van der Waals surface area contributed by atoms with Crippen molar-refractivity contribution in [3.63, 3.8) is 0 Å². The lowest BCUT2D eigenvalue weighted by molar-refractivity contribution is -0.0522. The minimum absolute atomic E-state index is 0.242. The van der Waals surface area contributed by atoms with Crippen LogP contribution in [0.1, 0.15) is 35.1 Å². The molecule has 1 aliphatic carbocycles. The van der Waals surface area contributed by atoms with E-state index in [0.29, 0.717) is 24.2 Å². The highest BCUT2D eigenvalue weighted by Crippen LogP contribution is 2.67. The molecule has 0 unspecified atom stereocenters. The van der Waals surface area contributed by atoms with Crippen molar-refractivity contribution in [3.05, 3.63) is 69.9 Å². The molecule has 8 nitrogen and oxygen atoms in total. The fourth-order valence-electron chi connectivity index (χ4n) is 5.46. The Morgan fingerprint density at radius 2 is 2.03 bits per heavy atom. The van der Waals surface area contributed by atoms with Crippen LogP contribution in [0.4, 0.5) is 13.2 Å². The van der Waals surface area contributed by atoms with Crippen LogP contribution in [0.2, 0.25) is 0 Å². The fourth-order valence-corrected chi connectivity index (χ4v) is 5.46. The number of nitrogens with zero attached hydrogens (tertiary/aromatic N) is 4. The Labute approximate surface area is 197 Å². The third kappa shape index (κ3) is 3.10. The lowest BCUT2D eigenvalue weighted by Gasteiger charge is -2.32. The Morgan fingerprint density at radius 1 is 1.23 bits per heavy atom. The van der Waals surface area contributed by atoms with Gasteiger partial charge in [0.05, 0.1) is 17.4 Å². The van der Waals surface area contributed by atoms with Crippen LogP contribution in [-0.2, 0) is 12.0 Å². The van der Waals surface area contributed by atoms with Gasteiger partial charge in [0.1, 0.15) is 22.7 Å². The van der Waals surface area contributed by atoms with Gasteiger partial charge in [-0.1, -0.05) is 0 Å². The summed E-state index contributed by atoms with van der Waals surface area (Å²) in [5.41, 5.74) is 0.312. The van der Waals surface area contributed by atoms with Crippen molar-refractivity contribution in [3.8, 4) is 17.2 Å². The summed E-state index contributed by atoms with van der Waals surface area (Å²) < 4.78 is 53.1. The van der Waals surface area contributed by atoms with E-state index in [1.807, 2.05) is 13.8 Å². The monoisotopic (exact) mass is 486 g/mol. The molecule has 1 aromatic carbocycles. The molecule has 2 aliphatic heterocycles. The molecule has 2 atom stereocenters.